The van der Waals surface area contributed by atoms with Crippen molar-refractivity contribution in [1.82, 2.24) is 10.6 Å². The van der Waals surface area contributed by atoms with Crippen molar-refractivity contribution in [2.75, 3.05) is 13.1 Å². The van der Waals surface area contributed by atoms with E-state index in [9.17, 15) is 4.39 Å². The van der Waals surface area contributed by atoms with Crippen LogP contribution in [0.3, 0.4) is 0 Å². The van der Waals surface area contributed by atoms with Crippen molar-refractivity contribution in [3.05, 3.63) is 35.6 Å². The number of hydrogen-bond acceptors (Lipinski definition) is 2. The third kappa shape index (κ3) is 2.11. The zero-order valence-electron chi connectivity index (χ0n) is 8.26. The van der Waals surface area contributed by atoms with E-state index in [1.165, 1.54) is 12.1 Å². The van der Waals surface area contributed by atoms with Crippen molar-refractivity contribution in [2.45, 2.75) is 19.0 Å². The third-order valence-corrected chi connectivity index (χ3v) is 2.64. The Hall–Kier alpha value is -0.930. The first-order valence-electron chi connectivity index (χ1n) is 4.98. The van der Waals surface area contributed by atoms with Gasteiger partial charge in [0.1, 0.15) is 5.82 Å². The lowest BCUT2D eigenvalue weighted by Crippen LogP contribution is -2.55. The van der Waals surface area contributed by atoms with Gasteiger partial charge < -0.3 is 10.6 Å². The van der Waals surface area contributed by atoms with Gasteiger partial charge in [0.2, 0.25) is 0 Å². The van der Waals surface area contributed by atoms with Gasteiger partial charge in [-0.2, -0.15) is 0 Å². The predicted octanol–water partition coefficient (Wildman–Crippen LogP) is 1.45. The van der Waals surface area contributed by atoms with Crippen LogP contribution in [-0.4, -0.2) is 19.1 Å². The summed E-state index contributed by atoms with van der Waals surface area (Å²) in [5.74, 6) is -0.175. The second kappa shape index (κ2) is 4.07. The zero-order valence-corrected chi connectivity index (χ0v) is 8.26. The molecule has 3 heteroatoms. The Labute approximate surface area is 83.5 Å². The molecule has 0 unspecified atom stereocenters. The molecule has 1 aromatic carbocycles. The predicted molar refractivity (Wildman–Crippen MR) is 54.6 cm³/mol. The van der Waals surface area contributed by atoms with Gasteiger partial charge in [0.25, 0.3) is 0 Å². The Morgan fingerprint density at radius 1 is 1.36 bits per heavy atom. The van der Waals surface area contributed by atoms with Crippen LogP contribution in [0.1, 0.15) is 18.5 Å². The summed E-state index contributed by atoms with van der Waals surface area (Å²) in [7, 11) is 0. The molecule has 0 radical (unpaired) electrons. The van der Waals surface area contributed by atoms with Gasteiger partial charge in [-0.1, -0.05) is 12.1 Å². The molecule has 0 aromatic heterocycles. The van der Waals surface area contributed by atoms with Crippen LogP contribution in [0.4, 0.5) is 4.39 Å². The van der Waals surface area contributed by atoms with Crippen molar-refractivity contribution < 1.29 is 4.39 Å². The van der Waals surface area contributed by atoms with E-state index in [-0.39, 0.29) is 5.82 Å². The number of benzene rings is 1. The summed E-state index contributed by atoms with van der Waals surface area (Å²) in [5.41, 5.74) is 1.14. The summed E-state index contributed by atoms with van der Waals surface area (Å²) in [6, 6.07) is 7.54. The standard InChI is InChI=1S/C11H15FN2/c1-8(14-11-6-13-7-11)9-2-4-10(12)5-3-9/h2-5,8,11,13-14H,6-7H2,1H3/t8-/m1/s1. The molecule has 0 spiro atoms. The van der Waals surface area contributed by atoms with Crippen LogP contribution >= 0.6 is 0 Å². The Balaban J connectivity index is 1.95. The van der Waals surface area contributed by atoms with E-state index in [2.05, 4.69) is 17.6 Å². The second-order valence-corrected chi connectivity index (χ2v) is 3.80. The van der Waals surface area contributed by atoms with Gasteiger partial charge in [-0.3, -0.25) is 0 Å². The lowest BCUT2D eigenvalue weighted by molar-refractivity contribution is 0.338. The first-order chi connectivity index (χ1) is 6.75. The van der Waals surface area contributed by atoms with Crippen molar-refractivity contribution in [1.29, 1.82) is 0 Å². The second-order valence-electron chi connectivity index (χ2n) is 3.80. The van der Waals surface area contributed by atoms with E-state index in [4.69, 9.17) is 0 Å². The Kier molecular flexibility index (Phi) is 2.79. The minimum atomic E-state index is -0.175. The highest BCUT2D eigenvalue weighted by molar-refractivity contribution is 5.19. The topological polar surface area (TPSA) is 24.1 Å². The summed E-state index contributed by atoms with van der Waals surface area (Å²) in [4.78, 5) is 0. The smallest absolute Gasteiger partial charge is 0.123 e. The quantitative estimate of drug-likeness (QED) is 0.761. The molecule has 0 saturated carbocycles. The molecular formula is C11H15FN2. The molecule has 14 heavy (non-hydrogen) atoms. The van der Waals surface area contributed by atoms with E-state index in [1.54, 1.807) is 0 Å². The van der Waals surface area contributed by atoms with Gasteiger partial charge in [-0.05, 0) is 24.6 Å². The van der Waals surface area contributed by atoms with Gasteiger partial charge in [0, 0.05) is 25.2 Å². The normalized spacial score (nSPS) is 19.0. The molecule has 0 bridgehead atoms. The highest BCUT2D eigenvalue weighted by Gasteiger charge is 2.18. The molecule has 0 aliphatic carbocycles. The zero-order chi connectivity index (χ0) is 9.97. The molecule has 2 nitrogen and oxygen atoms in total. The van der Waals surface area contributed by atoms with E-state index >= 15 is 0 Å². The Morgan fingerprint density at radius 3 is 2.50 bits per heavy atom. The molecule has 1 aliphatic rings. The fraction of sp³-hybridized carbons (Fsp3) is 0.455. The molecule has 76 valence electrons. The van der Waals surface area contributed by atoms with Crippen molar-refractivity contribution in [3.63, 3.8) is 0 Å². The molecule has 1 aliphatic heterocycles. The van der Waals surface area contributed by atoms with Gasteiger partial charge in [0.05, 0.1) is 0 Å². The van der Waals surface area contributed by atoms with E-state index in [0.717, 1.165) is 18.7 Å². The van der Waals surface area contributed by atoms with E-state index in [1.807, 2.05) is 12.1 Å². The molecular weight excluding hydrogens is 179 g/mol. The maximum atomic E-state index is 12.7. The fourth-order valence-corrected chi connectivity index (χ4v) is 1.61. The SMILES string of the molecule is C[C@@H](NC1CNC1)c1ccc(F)cc1. The van der Waals surface area contributed by atoms with Crippen molar-refractivity contribution in [3.8, 4) is 0 Å². The summed E-state index contributed by atoms with van der Waals surface area (Å²) < 4.78 is 12.7. The van der Waals surface area contributed by atoms with Crippen LogP contribution in [0.25, 0.3) is 0 Å². The molecule has 0 amide bonds. The van der Waals surface area contributed by atoms with Crippen molar-refractivity contribution in [2.24, 2.45) is 0 Å². The largest absolute Gasteiger partial charge is 0.314 e. The number of hydrogen-bond donors (Lipinski definition) is 2. The highest BCUT2D eigenvalue weighted by Crippen LogP contribution is 2.14. The summed E-state index contributed by atoms with van der Waals surface area (Å²) >= 11 is 0. The average Bonchev–Trinajstić information content (AvgIpc) is 2.12. The first kappa shape index (κ1) is 9.62. The van der Waals surface area contributed by atoms with Gasteiger partial charge in [-0.15, -0.1) is 0 Å². The minimum Gasteiger partial charge on any atom is -0.314 e. The third-order valence-electron chi connectivity index (χ3n) is 2.64. The minimum absolute atomic E-state index is 0.175. The van der Waals surface area contributed by atoms with Crippen LogP contribution in [0.5, 0.6) is 0 Å². The Morgan fingerprint density at radius 2 is 2.00 bits per heavy atom. The van der Waals surface area contributed by atoms with Gasteiger partial charge >= 0.3 is 0 Å². The number of nitrogens with one attached hydrogen (secondary N) is 2. The lowest BCUT2D eigenvalue weighted by atomic mass is 10.1. The monoisotopic (exact) mass is 194 g/mol. The Bertz CT molecular complexity index is 293. The maximum Gasteiger partial charge on any atom is 0.123 e. The van der Waals surface area contributed by atoms with Crippen LogP contribution in [0.2, 0.25) is 0 Å². The fourth-order valence-electron chi connectivity index (χ4n) is 1.61. The first-order valence-corrected chi connectivity index (χ1v) is 4.98. The van der Waals surface area contributed by atoms with E-state index < -0.39 is 0 Å². The van der Waals surface area contributed by atoms with E-state index in [0.29, 0.717) is 12.1 Å². The summed E-state index contributed by atoms with van der Waals surface area (Å²) in [6.45, 7) is 4.17. The molecule has 1 heterocycles. The molecule has 1 aromatic rings. The highest BCUT2D eigenvalue weighted by atomic mass is 19.1. The van der Waals surface area contributed by atoms with Crippen molar-refractivity contribution >= 4 is 0 Å². The number of halogens is 1. The summed E-state index contributed by atoms with van der Waals surface area (Å²) in [5, 5.41) is 6.67. The summed E-state index contributed by atoms with van der Waals surface area (Å²) in [6.07, 6.45) is 0. The van der Waals surface area contributed by atoms with Crippen LogP contribution in [0.15, 0.2) is 24.3 Å². The molecule has 2 rings (SSSR count). The molecule has 1 saturated heterocycles. The van der Waals surface area contributed by atoms with Crippen LogP contribution in [-0.2, 0) is 0 Å². The molecule has 1 atom stereocenters. The van der Waals surface area contributed by atoms with Crippen LogP contribution < -0.4 is 10.6 Å². The lowest BCUT2D eigenvalue weighted by Gasteiger charge is -2.31. The van der Waals surface area contributed by atoms with Crippen LogP contribution in [0, 0.1) is 5.82 Å². The van der Waals surface area contributed by atoms with Gasteiger partial charge in [0.15, 0.2) is 0 Å². The average molecular weight is 194 g/mol. The molecule has 2 N–H and O–H groups in total. The maximum absolute atomic E-state index is 12.7. The van der Waals surface area contributed by atoms with Gasteiger partial charge in [-0.25, -0.2) is 4.39 Å². The number of rotatable bonds is 3. The molecule has 1 fully saturated rings.